The van der Waals surface area contributed by atoms with Crippen molar-refractivity contribution in [3.05, 3.63) is 18.0 Å². The zero-order valence-electron chi connectivity index (χ0n) is 8.94. The van der Waals surface area contributed by atoms with E-state index in [1.807, 2.05) is 7.05 Å². The summed E-state index contributed by atoms with van der Waals surface area (Å²) in [7, 11) is 1.82. The van der Waals surface area contributed by atoms with Gasteiger partial charge >= 0.3 is 0 Å². The number of rotatable bonds is 3. The first kappa shape index (κ1) is 10.3. The minimum atomic E-state index is 0.157. The van der Waals surface area contributed by atoms with Gasteiger partial charge in [0.15, 0.2) is 5.78 Å². The molecule has 15 heavy (non-hydrogen) atoms. The van der Waals surface area contributed by atoms with E-state index in [1.54, 1.807) is 17.1 Å². The Morgan fingerprint density at radius 2 is 2.27 bits per heavy atom. The minimum Gasteiger partial charge on any atom is -0.314 e. The summed E-state index contributed by atoms with van der Waals surface area (Å²) in [6, 6.07) is 0. The summed E-state index contributed by atoms with van der Waals surface area (Å²) in [6.07, 6.45) is 3.40. The second kappa shape index (κ2) is 4.55. The second-order valence-corrected chi connectivity index (χ2v) is 3.85. The van der Waals surface area contributed by atoms with E-state index < -0.39 is 0 Å². The van der Waals surface area contributed by atoms with Crippen molar-refractivity contribution in [3.8, 4) is 0 Å². The van der Waals surface area contributed by atoms with Gasteiger partial charge in [0.1, 0.15) is 0 Å². The minimum absolute atomic E-state index is 0.157. The van der Waals surface area contributed by atoms with Crippen LogP contribution in [0.15, 0.2) is 12.4 Å². The Balaban J connectivity index is 1.91. The van der Waals surface area contributed by atoms with Crippen molar-refractivity contribution in [2.24, 2.45) is 7.05 Å². The number of Topliss-reactive ketones (excluding diaryl/α,β-unsaturated/α-hetero) is 1. The fourth-order valence-corrected chi connectivity index (χ4v) is 1.73. The lowest BCUT2D eigenvalue weighted by atomic mass is 10.2. The highest BCUT2D eigenvalue weighted by molar-refractivity contribution is 5.97. The van der Waals surface area contributed by atoms with Crippen LogP contribution in [0.2, 0.25) is 0 Å². The van der Waals surface area contributed by atoms with E-state index in [1.165, 1.54) is 0 Å². The topological polar surface area (TPSA) is 50.2 Å². The number of carbonyl (C=O) groups is 1. The van der Waals surface area contributed by atoms with Crippen LogP contribution in [-0.2, 0) is 7.05 Å². The van der Waals surface area contributed by atoms with Crippen molar-refractivity contribution >= 4 is 5.78 Å². The van der Waals surface area contributed by atoms with Crippen LogP contribution in [0.3, 0.4) is 0 Å². The molecular formula is C10H16N4O. The molecule has 1 aliphatic heterocycles. The van der Waals surface area contributed by atoms with Gasteiger partial charge in [-0.15, -0.1) is 0 Å². The third kappa shape index (κ3) is 2.64. The lowest BCUT2D eigenvalue weighted by molar-refractivity contribution is 0.0921. The number of nitrogens with one attached hydrogen (secondary N) is 1. The van der Waals surface area contributed by atoms with Crippen LogP contribution in [0.5, 0.6) is 0 Å². The lowest BCUT2D eigenvalue weighted by Crippen LogP contribution is -2.45. The molecule has 5 nitrogen and oxygen atoms in total. The van der Waals surface area contributed by atoms with E-state index in [2.05, 4.69) is 15.3 Å². The Morgan fingerprint density at radius 3 is 2.87 bits per heavy atom. The van der Waals surface area contributed by atoms with Crippen LogP contribution in [0.1, 0.15) is 10.4 Å². The number of carbonyl (C=O) groups excluding carboxylic acids is 1. The SMILES string of the molecule is Cn1cc(C(=O)CN2CCNCC2)cn1. The van der Waals surface area contributed by atoms with Gasteiger partial charge in [-0.05, 0) is 0 Å². The molecule has 0 amide bonds. The van der Waals surface area contributed by atoms with E-state index in [0.29, 0.717) is 12.1 Å². The molecule has 1 aromatic heterocycles. The molecule has 0 radical (unpaired) electrons. The zero-order chi connectivity index (χ0) is 10.7. The number of hydrogen-bond acceptors (Lipinski definition) is 4. The molecule has 0 saturated carbocycles. The van der Waals surface area contributed by atoms with Crippen molar-refractivity contribution in [2.45, 2.75) is 0 Å². The summed E-state index contributed by atoms with van der Waals surface area (Å²) in [5, 5.41) is 7.26. The molecule has 0 bridgehead atoms. The maximum absolute atomic E-state index is 11.8. The van der Waals surface area contributed by atoms with Crippen LogP contribution in [0.4, 0.5) is 0 Å². The van der Waals surface area contributed by atoms with Crippen LogP contribution < -0.4 is 5.32 Å². The normalized spacial score (nSPS) is 17.9. The van der Waals surface area contributed by atoms with Gasteiger partial charge in [0.25, 0.3) is 0 Å². The molecule has 1 aliphatic rings. The number of aromatic nitrogens is 2. The Bertz CT molecular complexity index is 341. The first-order valence-corrected chi connectivity index (χ1v) is 5.20. The highest BCUT2D eigenvalue weighted by Crippen LogP contribution is 2.01. The lowest BCUT2D eigenvalue weighted by Gasteiger charge is -2.26. The summed E-state index contributed by atoms with van der Waals surface area (Å²) < 4.78 is 1.66. The van der Waals surface area contributed by atoms with E-state index in [0.717, 1.165) is 26.2 Å². The van der Waals surface area contributed by atoms with Crippen LogP contribution in [0.25, 0.3) is 0 Å². The van der Waals surface area contributed by atoms with Crippen molar-refractivity contribution in [1.82, 2.24) is 20.0 Å². The fraction of sp³-hybridized carbons (Fsp3) is 0.600. The number of hydrogen-bond donors (Lipinski definition) is 1. The van der Waals surface area contributed by atoms with Gasteiger partial charge in [0, 0.05) is 39.4 Å². The summed E-state index contributed by atoms with van der Waals surface area (Å²) in [4.78, 5) is 14.0. The number of aryl methyl sites for hydroxylation is 1. The standard InChI is InChI=1S/C10H16N4O/c1-13-7-9(6-12-13)10(15)8-14-4-2-11-3-5-14/h6-7,11H,2-5,8H2,1H3. The zero-order valence-corrected chi connectivity index (χ0v) is 8.94. The maximum atomic E-state index is 11.8. The first-order valence-electron chi connectivity index (χ1n) is 5.20. The van der Waals surface area contributed by atoms with Crippen molar-refractivity contribution < 1.29 is 4.79 Å². The number of ketones is 1. The van der Waals surface area contributed by atoms with Crippen LogP contribution in [-0.4, -0.2) is 53.2 Å². The molecule has 0 unspecified atom stereocenters. The molecular weight excluding hydrogens is 192 g/mol. The molecule has 5 heteroatoms. The Morgan fingerprint density at radius 1 is 1.53 bits per heavy atom. The molecule has 2 heterocycles. The largest absolute Gasteiger partial charge is 0.314 e. The third-order valence-electron chi connectivity index (χ3n) is 2.60. The van der Waals surface area contributed by atoms with E-state index in [4.69, 9.17) is 0 Å². The summed E-state index contributed by atoms with van der Waals surface area (Å²) in [5.41, 5.74) is 0.705. The van der Waals surface area contributed by atoms with Gasteiger partial charge in [0.05, 0.1) is 18.3 Å². The Labute approximate surface area is 89.1 Å². The van der Waals surface area contributed by atoms with E-state index >= 15 is 0 Å². The summed E-state index contributed by atoms with van der Waals surface area (Å²) >= 11 is 0. The second-order valence-electron chi connectivity index (χ2n) is 3.85. The van der Waals surface area contributed by atoms with Gasteiger partial charge in [0.2, 0.25) is 0 Å². The molecule has 2 rings (SSSR count). The van der Waals surface area contributed by atoms with Crippen molar-refractivity contribution in [2.75, 3.05) is 32.7 Å². The average molecular weight is 208 g/mol. The third-order valence-corrected chi connectivity index (χ3v) is 2.60. The van der Waals surface area contributed by atoms with Gasteiger partial charge in [-0.2, -0.15) is 5.10 Å². The quantitative estimate of drug-likeness (QED) is 0.681. The molecule has 0 spiro atoms. The smallest absolute Gasteiger partial charge is 0.179 e. The van der Waals surface area contributed by atoms with Gasteiger partial charge < -0.3 is 5.32 Å². The van der Waals surface area contributed by atoms with Gasteiger partial charge in [-0.1, -0.05) is 0 Å². The highest BCUT2D eigenvalue weighted by atomic mass is 16.1. The van der Waals surface area contributed by atoms with Crippen LogP contribution in [0, 0.1) is 0 Å². The van der Waals surface area contributed by atoms with E-state index in [-0.39, 0.29) is 5.78 Å². The average Bonchev–Trinajstić information content (AvgIpc) is 2.66. The predicted molar refractivity (Wildman–Crippen MR) is 56.8 cm³/mol. The first-order chi connectivity index (χ1) is 7.25. The van der Waals surface area contributed by atoms with Crippen molar-refractivity contribution in [1.29, 1.82) is 0 Å². The van der Waals surface area contributed by atoms with Gasteiger partial charge in [-0.3, -0.25) is 14.4 Å². The number of piperazine rings is 1. The fourth-order valence-electron chi connectivity index (χ4n) is 1.73. The highest BCUT2D eigenvalue weighted by Gasteiger charge is 2.15. The van der Waals surface area contributed by atoms with Crippen molar-refractivity contribution in [3.63, 3.8) is 0 Å². The Kier molecular flexibility index (Phi) is 3.13. The molecule has 1 aromatic rings. The van der Waals surface area contributed by atoms with Gasteiger partial charge in [-0.25, -0.2) is 0 Å². The molecule has 0 aromatic carbocycles. The monoisotopic (exact) mass is 208 g/mol. The predicted octanol–water partition coefficient (Wildman–Crippen LogP) is -0.492. The van der Waals surface area contributed by atoms with E-state index in [9.17, 15) is 4.79 Å². The summed E-state index contributed by atoms with van der Waals surface area (Å²) in [5.74, 6) is 0.157. The Hall–Kier alpha value is -1.20. The van der Waals surface area contributed by atoms with Crippen LogP contribution >= 0.6 is 0 Å². The number of nitrogens with zero attached hydrogens (tertiary/aromatic N) is 3. The molecule has 0 aliphatic carbocycles. The molecule has 82 valence electrons. The molecule has 1 saturated heterocycles. The molecule has 0 atom stereocenters. The maximum Gasteiger partial charge on any atom is 0.179 e. The molecule has 1 N–H and O–H groups in total. The summed E-state index contributed by atoms with van der Waals surface area (Å²) in [6.45, 7) is 4.35. The molecule has 1 fully saturated rings.